The number of halogens is 2. The van der Waals surface area contributed by atoms with Crippen molar-refractivity contribution in [1.82, 2.24) is 5.32 Å². The number of hydrogen-bond acceptors (Lipinski definition) is 4. The zero-order valence-electron chi connectivity index (χ0n) is 10.3. The molecule has 0 aliphatic heterocycles. The molecular formula is C11H13Cl2NO4S. The molecule has 0 radical (unpaired) electrons. The summed E-state index contributed by atoms with van der Waals surface area (Å²) in [7, 11) is -4.23. The van der Waals surface area contributed by atoms with E-state index in [1.54, 1.807) is 0 Å². The average molecular weight is 326 g/mol. The largest absolute Gasteiger partial charge is 0.423 e. The van der Waals surface area contributed by atoms with Crippen LogP contribution < -0.4 is 5.32 Å². The number of carbonyl (C=O) groups excluding carboxylic acids is 1. The minimum Gasteiger partial charge on any atom is -0.324 e. The van der Waals surface area contributed by atoms with Gasteiger partial charge in [0.25, 0.3) is 0 Å². The van der Waals surface area contributed by atoms with Crippen LogP contribution in [0.2, 0.25) is 10.0 Å². The van der Waals surface area contributed by atoms with Crippen molar-refractivity contribution in [3.05, 3.63) is 28.2 Å². The second kappa shape index (κ2) is 6.45. The summed E-state index contributed by atoms with van der Waals surface area (Å²) in [6.45, 7) is 4.04. The van der Waals surface area contributed by atoms with E-state index in [-0.39, 0.29) is 20.9 Å². The fourth-order valence-electron chi connectivity index (χ4n) is 1.14. The molecule has 1 aromatic carbocycles. The molecule has 8 heteroatoms. The van der Waals surface area contributed by atoms with Gasteiger partial charge in [0.1, 0.15) is 4.90 Å². The minimum atomic E-state index is -4.23. The predicted octanol–water partition coefficient (Wildman–Crippen LogP) is 3.06. The molecule has 0 aliphatic carbocycles. The van der Waals surface area contributed by atoms with Gasteiger partial charge in [0, 0.05) is 16.6 Å². The molecule has 0 bridgehead atoms. The molecule has 0 saturated carbocycles. The van der Waals surface area contributed by atoms with Gasteiger partial charge in [-0.15, -0.1) is 0 Å². The van der Waals surface area contributed by atoms with Crippen LogP contribution in [-0.2, 0) is 14.3 Å². The molecule has 1 rings (SSSR count). The van der Waals surface area contributed by atoms with Gasteiger partial charge in [-0.05, 0) is 24.1 Å². The monoisotopic (exact) mass is 325 g/mol. The van der Waals surface area contributed by atoms with Crippen molar-refractivity contribution in [3.63, 3.8) is 0 Å². The van der Waals surface area contributed by atoms with E-state index >= 15 is 0 Å². The number of nitrogens with one attached hydrogen (secondary N) is 1. The molecule has 0 aliphatic rings. The predicted molar refractivity (Wildman–Crippen MR) is 73.0 cm³/mol. The van der Waals surface area contributed by atoms with Gasteiger partial charge in [-0.1, -0.05) is 37.0 Å². The maximum Gasteiger partial charge on any atom is 0.423 e. The third kappa shape index (κ3) is 5.26. The van der Waals surface area contributed by atoms with Gasteiger partial charge in [-0.3, -0.25) is 0 Å². The summed E-state index contributed by atoms with van der Waals surface area (Å²) in [5, 5.41) is 2.60. The molecule has 0 spiro atoms. The third-order valence-corrected chi connectivity index (χ3v) is 3.59. The van der Waals surface area contributed by atoms with Crippen molar-refractivity contribution < 1.29 is 17.4 Å². The molecule has 0 unspecified atom stereocenters. The molecule has 106 valence electrons. The Bertz CT molecular complexity index is 552. The van der Waals surface area contributed by atoms with Crippen LogP contribution in [-0.4, -0.2) is 21.1 Å². The normalized spacial score (nSPS) is 11.4. The quantitative estimate of drug-likeness (QED) is 0.863. The summed E-state index contributed by atoms with van der Waals surface area (Å²) in [5.41, 5.74) is 0. The fourth-order valence-corrected chi connectivity index (χ4v) is 2.69. The van der Waals surface area contributed by atoms with E-state index in [1.165, 1.54) is 6.07 Å². The SMILES string of the molecule is CC(C)CNC(=O)OS(=O)(=O)c1cc(Cl)cc(Cl)c1. The molecule has 0 fully saturated rings. The van der Waals surface area contributed by atoms with Crippen LogP contribution in [0, 0.1) is 5.92 Å². The number of benzene rings is 1. The standard InChI is InChI=1S/C11H13Cl2NO4S/c1-7(2)6-14-11(15)18-19(16,17)10-4-8(12)3-9(13)5-10/h3-5,7H,6H2,1-2H3,(H,14,15). The molecule has 19 heavy (non-hydrogen) atoms. The molecular weight excluding hydrogens is 313 g/mol. The van der Waals surface area contributed by atoms with Crippen molar-refractivity contribution in [2.75, 3.05) is 6.54 Å². The lowest BCUT2D eigenvalue weighted by molar-refractivity contribution is 0.201. The third-order valence-electron chi connectivity index (χ3n) is 1.96. The van der Waals surface area contributed by atoms with Crippen LogP contribution in [0.1, 0.15) is 13.8 Å². The minimum absolute atomic E-state index is 0.136. The topological polar surface area (TPSA) is 72.5 Å². The van der Waals surface area contributed by atoms with Gasteiger partial charge in [-0.2, -0.15) is 8.42 Å². The van der Waals surface area contributed by atoms with E-state index in [9.17, 15) is 13.2 Å². The summed E-state index contributed by atoms with van der Waals surface area (Å²) in [6.07, 6.45) is -1.04. The van der Waals surface area contributed by atoms with Crippen molar-refractivity contribution in [3.8, 4) is 0 Å². The zero-order valence-corrected chi connectivity index (χ0v) is 12.6. The van der Waals surface area contributed by atoms with Gasteiger partial charge in [-0.25, -0.2) is 4.79 Å². The first-order valence-corrected chi connectivity index (χ1v) is 7.55. The van der Waals surface area contributed by atoms with E-state index in [2.05, 4.69) is 9.50 Å². The van der Waals surface area contributed by atoms with Gasteiger partial charge in [0.2, 0.25) is 0 Å². The second-order valence-corrected chi connectivity index (χ2v) is 6.62. The van der Waals surface area contributed by atoms with Crippen LogP contribution in [0.15, 0.2) is 23.1 Å². The molecule has 0 aromatic heterocycles. The first-order chi connectivity index (χ1) is 8.70. The summed E-state index contributed by atoms with van der Waals surface area (Å²) >= 11 is 11.4. The number of amides is 1. The molecule has 0 heterocycles. The number of carbonyl (C=O) groups is 1. The lowest BCUT2D eigenvalue weighted by Gasteiger charge is -2.09. The van der Waals surface area contributed by atoms with Crippen molar-refractivity contribution >= 4 is 39.4 Å². The smallest absolute Gasteiger partial charge is 0.324 e. The molecule has 1 aromatic rings. The molecule has 1 amide bonds. The van der Waals surface area contributed by atoms with E-state index in [0.717, 1.165) is 12.1 Å². The highest BCUT2D eigenvalue weighted by Crippen LogP contribution is 2.23. The number of rotatable bonds is 4. The van der Waals surface area contributed by atoms with Crippen LogP contribution in [0.25, 0.3) is 0 Å². The van der Waals surface area contributed by atoms with Crippen molar-refractivity contribution in [2.45, 2.75) is 18.7 Å². The number of hydrogen-bond donors (Lipinski definition) is 1. The van der Waals surface area contributed by atoms with Gasteiger partial charge in [0.05, 0.1) is 0 Å². The van der Waals surface area contributed by atoms with E-state index in [4.69, 9.17) is 23.2 Å². The summed E-state index contributed by atoms with van der Waals surface area (Å²) in [4.78, 5) is 11.1. The van der Waals surface area contributed by atoms with Crippen LogP contribution >= 0.6 is 23.2 Å². The van der Waals surface area contributed by atoms with Crippen LogP contribution in [0.3, 0.4) is 0 Å². The molecule has 0 atom stereocenters. The summed E-state index contributed by atoms with van der Waals surface area (Å²) < 4.78 is 28.0. The maximum absolute atomic E-state index is 11.8. The van der Waals surface area contributed by atoms with Gasteiger partial charge >= 0.3 is 16.2 Å². The Hall–Kier alpha value is -0.980. The van der Waals surface area contributed by atoms with E-state index in [0.29, 0.717) is 6.54 Å². The Kier molecular flexibility index (Phi) is 5.46. The van der Waals surface area contributed by atoms with Crippen molar-refractivity contribution in [2.24, 2.45) is 5.92 Å². The Labute approximate surface area is 122 Å². The van der Waals surface area contributed by atoms with Crippen LogP contribution in [0.4, 0.5) is 4.79 Å². The lowest BCUT2D eigenvalue weighted by Crippen LogP contribution is -2.30. The highest BCUT2D eigenvalue weighted by atomic mass is 35.5. The summed E-state index contributed by atoms with van der Waals surface area (Å²) in [5.74, 6) is 0.177. The maximum atomic E-state index is 11.8. The van der Waals surface area contributed by atoms with Crippen LogP contribution in [0.5, 0.6) is 0 Å². The van der Waals surface area contributed by atoms with Gasteiger partial charge < -0.3 is 9.50 Å². The Morgan fingerprint density at radius 1 is 1.26 bits per heavy atom. The Balaban J connectivity index is 2.83. The fraction of sp³-hybridized carbons (Fsp3) is 0.364. The first kappa shape index (κ1) is 16.1. The molecule has 0 saturated heterocycles. The van der Waals surface area contributed by atoms with Gasteiger partial charge in [0.15, 0.2) is 0 Å². The first-order valence-electron chi connectivity index (χ1n) is 5.39. The molecule has 1 N–H and O–H groups in total. The molecule has 5 nitrogen and oxygen atoms in total. The second-order valence-electron chi connectivity index (χ2n) is 4.20. The highest BCUT2D eigenvalue weighted by molar-refractivity contribution is 7.87. The summed E-state index contributed by atoms with van der Waals surface area (Å²) in [6, 6.07) is 3.68. The zero-order chi connectivity index (χ0) is 14.6. The lowest BCUT2D eigenvalue weighted by atomic mass is 10.2. The van der Waals surface area contributed by atoms with E-state index < -0.39 is 16.2 Å². The Morgan fingerprint density at radius 2 is 1.79 bits per heavy atom. The average Bonchev–Trinajstić information content (AvgIpc) is 2.24. The van der Waals surface area contributed by atoms with E-state index in [1.807, 2.05) is 13.8 Å². The Morgan fingerprint density at radius 3 is 2.26 bits per heavy atom. The highest BCUT2D eigenvalue weighted by Gasteiger charge is 2.21. The van der Waals surface area contributed by atoms with Crippen molar-refractivity contribution in [1.29, 1.82) is 0 Å².